The Balaban J connectivity index is 1.13. The van der Waals surface area contributed by atoms with Crippen molar-refractivity contribution < 1.29 is 0 Å². The van der Waals surface area contributed by atoms with Crippen molar-refractivity contribution in [2.75, 3.05) is 14.7 Å². The van der Waals surface area contributed by atoms with Crippen molar-refractivity contribution in [2.24, 2.45) is 0 Å². The lowest BCUT2D eigenvalue weighted by Gasteiger charge is -2.46. The van der Waals surface area contributed by atoms with Gasteiger partial charge in [-0.2, -0.15) is 0 Å². The minimum absolute atomic E-state index is 0.00484. The first-order valence-electron chi connectivity index (χ1n) is 25.5. The molecule has 0 spiro atoms. The quantitative estimate of drug-likeness (QED) is 0.159. The van der Waals surface area contributed by atoms with E-state index in [0.717, 1.165) is 23.5 Å². The number of hydrogen-bond donors (Lipinski definition) is 0. The maximum atomic E-state index is 2.71. The van der Waals surface area contributed by atoms with E-state index in [2.05, 4.69) is 242 Å². The molecule has 4 aliphatic rings. The van der Waals surface area contributed by atoms with E-state index in [1.54, 1.807) is 0 Å². The Bertz CT molecular complexity index is 3600. The minimum atomic E-state index is 0.00484. The zero-order valence-electron chi connectivity index (χ0n) is 42.5. The van der Waals surface area contributed by atoms with Crippen LogP contribution in [-0.2, 0) is 21.7 Å². The van der Waals surface area contributed by atoms with Gasteiger partial charge in [-0.15, -0.1) is 11.3 Å². The van der Waals surface area contributed by atoms with Gasteiger partial charge in [0.25, 0.3) is 6.71 Å². The fourth-order valence-corrected chi connectivity index (χ4v) is 14.8. The van der Waals surface area contributed by atoms with Crippen LogP contribution in [0.25, 0.3) is 20.2 Å². The van der Waals surface area contributed by atoms with Gasteiger partial charge in [0.15, 0.2) is 0 Å². The molecule has 0 amide bonds. The van der Waals surface area contributed by atoms with E-state index in [-0.39, 0.29) is 28.4 Å². The van der Waals surface area contributed by atoms with Crippen LogP contribution in [0.1, 0.15) is 108 Å². The molecule has 8 aromatic carbocycles. The van der Waals surface area contributed by atoms with Crippen molar-refractivity contribution in [3.8, 4) is 0 Å². The smallest absolute Gasteiger partial charge is 0.252 e. The van der Waals surface area contributed by atoms with Crippen molar-refractivity contribution in [3.05, 3.63) is 191 Å². The van der Waals surface area contributed by atoms with E-state index in [1.807, 2.05) is 11.3 Å². The summed E-state index contributed by atoms with van der Waals surface area (Å²) >= 11 is 1.90. The first kappa shape index (κ1) is 43.5. The SMILES string of the molecule is Cc1cc2c3c(c1)N(c1cc4c(cc1C)C(C)(C)CCC4(C)C)c1cc4c(cc1B3c1ccc(N(c3ccccc3)c3ccccc3)cc1N2c1ccc2c(c1)sc1ccccc12)C(C)(C)CC4(C)C. The summed E-state index contributed by atoms with van der Waals surface area (Å²) in [5, 5.41) is 2.63. The summed E-state index contributed by atoms with van der Waals surface area (Å²) in [6, 6.07) is 60.6. The average Bonchev–Trinajstić information content (AvgIpc) is 3.79. The van der Waals surface area contributed by atoms with Gasteiger partial charge in [0, 0.05) is 71.4 Å². The summed E-state index contributed by atoms with van der Waals surface area (Å²) in [7, 11) is 0. The minimum Gasteiger partial charge on any atom is -0.311 e. The summed E-state index contributed by atoms with van der Waals surface area (Å²) in [6.07, 6.45) is 3.49. The van der Waals surface area contributed by atoms with Crippen molar-refractivity contribution in [3.63, 3.8) is 0 Å². The number of para-hydroxylation sites is 2. The molecule has 346 valence electrons. The number of hydrogen-bond acceptors (Lipinski definition) is 4. The highest BCUT2D eigenvalue weighted by molar-refractivity contribution is 7.25. The summed E-state index contributed by atoms with van der Waals surface area (Å²) in [5.41, 5.74) is 23.9. The molecule has 13 rings (SSSR count). The highest BCUT2D eigenvalue weighted by Crippen LogP contribution is 2.55. The van der Waals surface area contributed by atoms with Crippen molar-refractivity contribution in [1.82, 2.24) is 0 Å². The number of thiophene rings is 1. The van der Waals surface area contributed by atoms with Crippen LogP contribution >= 0.6 is 11.3 Å². The number of benzene rings is 8. The van der Waals surface area contributed by atoms with E-state index in [1.165, 1.54) is 117 Å². The first-order chi connectivity index (χ1) is 33.5. The molecule has 0 N–H and O–H groups in total. The van der Waals surface area contributed by atoms with E-state index < -0.39 is 0 Å². The molecule has 5 heteroatoms. The van der Waals surface area contributed by atoms with Crippen LogP contribution in [0, 0.1) is 13.8 Å². The van der Waals surface area contributed by atoms with Gasteiger partial charge < -0.3 is 14.7 Å². The highest BCUT2D eigenvalue weighted by Gasteiger charge is 2.49. The standard InChI is InChI=1S/C65H62BN3S/c1-40-31-57-61-58(32-40)69(54-37-50-48(33-41(54)2)62(3,4)29-30-63(50,5)6)56-38-51-49(64(7,8)39-65(51,9)10)36-53(56)66(61)52-28-26-44(67(42-19-13-11-14-20-42)43-21-15-12-16-22-43)34-55(52)68(57)45-25-27-47-46-23-17-18-24-59(46)70-60(47)35-45/h11-28,31-38H,29-30,39H2,1-10H3. The highest BCUT2D eigenvalue weighted by atomic mass is 32.1. The van der Waals surface area contributed by atoms with Crippen molar-refractivity contribution >= 4 is 106 Å². The number of nitrogens with zero attached hydrogens (tertiary/aromatic N) is 3. The lowest BCUT2D eigenvalue weighted by Crippen LogP contribution is -2.61. The third-order valence-corrected chi connectivity index (χ3v) is 18.1. The van der Waals surface area contributed by atoms with E-state index in [4.69, 9.17) is 0 Å². The van der Waals surface area contributed by atoms with Gasteiger partial charge in [-0.3, -0.25) is 0 Å². The molecule has 70 heavy (non-hydrogen) atoms. The zero-order chi connectivity index (χ0) is 48.2. The van der Waals surface area contributed by atoms with Crippen LogP contribution < -0.4 is 31.1 Å². The van der Waals surface area contributed by atoms with Crippen molar-refractivity contribution in [2.45, 2.75) is 110 Å². The molecule has 0 saturated carbocycles. The Morgan fingerprint density at radius 2 is 1.00 bits per heavy atom. The Morgan fingerprint density at radius 3 is 1.69 bits per heavy atom. The molecular weight excluding hydrogens is 866 g/mol. The lowest BCUT2D eigenvalue weighted by atomic mass is 9.33. The molecule has 3 heterocycles. The molecule has 2 aliphatic heterocycles. The third kappa shape index (κ3) is 6.39. The zero-order valence-corrected chi connectivity index (χ0v) is 43.3. The lowest BCUT2D eigenvalue weighted by molar-refractivity contribution is 0.332. The Morgan fingerprint density at radius 1 is 0.443 bits per heavy atom. The summed E-state index contributed by atoms with van der Waals surface area (Å²) in [4.78, 5) is 7.75. The van der Waals surface area contributed by atoms with Crippen LogP contribution in [0.2, 0.25) is 0 Å². The number of aryl methyl sites for hydroxylation is 2. The van der Waals surface area contributed by atoms with Gasteiger partial charge in [-0.1, -0.05) is 134 Å². The third-order valence-electron chi connectivity index (χ3n) is 17.0. The largest absolute Gasteiger partial charge is 0.311 e. The second kappa shape index (κ2) is 15.0. The van der Waals surface area contributed by atoms with E-state index >= 15 is 0 Å². The van der Waals surface area contributed by atoms with E-state index in [0.29, 0.717) is 0 Å². The Hall–Kier alpha value is -6.56. The molecule has 9 aromatic rings. The maximum absolute atomic E-state index is 2.71. The van der Waals surface area contributed by atoms with Gasteiger partial charge >= 0.3 is 0 Å². The maximum Gasteiger partial charge on any atom is 0.252 e. The molecule has 0 radical (unpaired) electrons. The van der Waals surface area contributed by atoms with Gasteiger partial charge in [0.05, 0.1) is 0 Å². The molecule has 1 aromatic heterocycles. The number of anilines is 9. The fourth-order valence-electron chi connectivity index (χ4n) is 13.7. The van der Waals surface area contributed by atoms with Crippen LogP contribution in [0.5, 0.6) is 0 Å². The normalized spacial score (nSPS) is 17.5. The van der Waals surface area contributed by atoms with Gasteiger partial charge in [0.1, 0.15) is 0 Å². The van der Waals surface area contributed by atoms with E-state index in [9.17, 15) is 0 Å². The van der Waals surface area contributed by atoms with Crippen molar-refractivity contribution in [1.29, 1.82) is 0 Å². The van der Waals surface area contributed by atoms with Crippen LogP contribution in [-0.4, -0.2) is 6.71 Å². The summed E-state index contributed by atoms with van der Waals surface area (Å²) in [6.45, 7) is 24.4. The summed E-state index contributed by atoms with van der Waals surface area (Å²) < 4.78 is 2.63. The topological polar surface area (TPSA) is 9.72 Å². The van der Waals surface area contributed by atoms with Crippen LogP contribution in [0.15, 0.2) is 158 Å². The molecule has 0 bridgehead atoms. The second-order valence-corrected chi connectivity index (χ2v) is 24.8. The second-order valence-electron chi connectivity index (χ2n) is 23.7. The molecule has 3 nitrogen and oxygen atoms in total. The predicted molar refractivity (Wildman–Crippen MR) is 303 cm³/mol. The molecular formula is C65H62BN3S. The van der Waals surface area contributed by atoms with Crippen LogP contribution in [0.3, 0.4) is 0 Å². The summed E-state index contributed by atoms with van der Waals surface area (Å²) in [5.74, 6) is 0. The average molecular weight is 928 g/mol. The predicted octanol–water partition coefficient (Wildman–Crippen LogP) is 16.5. The molecule has 2 aliphatic carbocycles. The Labute approximate surface area is 419 Å². The Kier molecular flexibility index (Phi) is 9.30. The number of fused-ring (bicyclic) bond motifs is 9. The fraction of sp³-hybridized carbons (Fsp3) is 0.262. The van der Waals surface area contributed by atoms with Gasteiger partial charge in [-0.25, -0.2) is 0 Å². The van der Waals surface area contributed by atoms with Gasteiger partial charge in [0.2, 0.25) is 0 Å². The van der Waals surface area contributed by atoms with Gasteiger partial charge in [-0.05, 0) is 183 Å². The van der Waals surface area contributed by atoms with Crippen LogP contribution in [0.4, 0.5) is 51.2 Å². The molecule has 0 atom stereocenters. The molecule has 0 fully saturated rings. The number of rotatable bonds is 5. The monoisotopic (exact) mass is 927 g/mol. The molecule has 0 unspecified atom stereocenters. The molecule has 0 saturated heterocycles. The first-order valence-corrected chi connectivity index (χ1v) is 26.4.